The van der Waals surface area contributed by atoms with Gasteiger partial charge in [-0.25, -0.2) is 8.78 Å². The Labute approximate surface area is 201 Å². The lowest BCUT2D eigenvalue weighted by atomic mass is 10.0. The second-order valence-corrected chi connectivity index (χ2v) is 9.26. The fourth-order valence-electron chi connectivity index (χ4n) is 4.95. The molecule has 0 saturated carbocycles. The molecule has 0 aliphatic heterocycles. The smallest absolute Gasteiger partial charge is 0.178 e. The van der Waals surface area contributed by atoms with Crippen LogP contribution in [0.25, 0.3) is 54.6 Å². The second kappa shape index (κ2) is 8.88. The van der Waals surface area contributed by atoms with Gasteiger partial charge in [-0.15, -0.1) is 0 Å². The van der Waals surface area contributed by atoms with E-state index in [1.165, 1.54) is 44.2 Å². The first-order chi connectivity index (χ1) is 17.1. The summed E-state index contributed by atoms with van der Waals surface area (Å²) in [6.45, 7) is 2.92. The van der Waals surface area contributed by atoms with Crippen LogP contribution in [0.1, 0.15) is 45.4 Å². The third-order valence-electron chi connectivity index (χ3n) is 6.81. The Balaban J connectivity index is 1.35. The molecule has 2 aromatic heterocycles. The zero-order valence-corrected chi connectivity index (χ0v) is 19.6. The third kappa shape index (κ3) is 3.89. The van der Waals surface area contributed by atoms with Crippen LogP contribution in [-0.2, 0) is 0 Å². The molecule has 35 heavy (non-hydrogen) atoms. The summed E-state index contributed by atoms with van der Waals surface area (Å²) in [5.74, 6) is -0.942. The SMILES string of the molecule is CCCCCCCCOc1ccc2c(c1)oc1c2ccc2c3cc4cc(F)c(F)cc4cc3oc21. The molecule has 2 heterocycles. The molecule has 0 atom stereocenters. The molecule has 5 heteroatoms. The van der Waals surface area contributed by atoms with E-state index in [-0.39, 0.29) is 0 Å². The molecular formula is C30H26F2O3. The lowest BCUT2D eigenvalue weighted by Gasteiger charge is -2.05. The van der Waals surface area contributed by atoms with Gasteiger partial charge in [0, 0.05) is 27.6 Å². The summed E-state index contributed by atoms with van der Waals surface area (Å²) in [6.07, 6.45) is 7.34. The van der Waals surface area contributed by atoms with Crippen LogP contribution < -0.4 is 4.74 Å². The van der Waals surface area contributed by atoms with Crippen LogP contribution in [0.2, 0.25) is 0 Å². The summed E-state index contributed by atoms with van der Waals surface area (Å²) in [6, 6.07) is 15.9. The lowest BCUT2D eigenvalue weighted by molar-refractivity contribution is 0.304. The third-order valence-corrected chi connectivity index (χ3v) is 6.81. The predicted octanol–water partition coefficient (Wildman–Crippen LogP) is 9.66. The van der Waals surface area contributed by atoms with Gasteiger partial charge in [0.2, 0.25) is 0 Å². The van der Waals surface area contributed by atoms with Crippen molar-refractivity contribution in [2.45, 2.75) is 45.4 Å². The Hall–Kier alpha value is -3.60. The van der Waals surface area contributed by atoms with Gasteiger partial charge in [-0.3, -0.25) is 0 Å². The van der Waals surface area contributed by atoms with Gasteiger partial charge in [0.05, 0.1) is 6.61 Å². The van der Waals surface area contributed by atoms with Crippen molar-refractivity contribution in [1.29, 1.82) is 0 Å². The van der Waals surface area contributed by atoms with Gasteiger partial charge in [0.25, 0.3) is 0 Å². The van der Waals surface area contributed by atoms with Crippen molar-refractivity contribution in [3.63, 3.8) is 0 Å². The molecule has 0 N–H and O–H groups in total. The molecule has 0 spiro atoms. The van der Waals surface area contributed by atoms with Gasteiger partial charge in [-0.05, 0) is 65.7 Å². The van der Waals surface area contributed by atoms with Crippen molar-refractivity contribution in [2.75, 3.05) is 6.61 Å². The van der Waals surface area contributed by atoms with Gasteiger partial charge in [0.1, 0.15) is 16.9 Å². The fourth-order valence-corrected chi connectivity index (χ4v) is 4.95. The molecular weight excluding hydrogens is 446 g/mol. The van der Waals surface area contributed by atoms with Crippen LogP contribution in [-0.4, -0.2) is 6.61 Å². The monoisotopic (exact) mass is 472 g/mol. The minimum absolute atomic E-state index is 0.587. The van der Waals surface area contributed by atoms with Gasteiger partial charge < -0.3 is 13.6 Å². The molecule has 0 fully saturated rings. The molecule has 0 radical (unpaired) electrons. The highest BCUT2D eigenvalue weighted by Gasteiger charge is 2.17. The zero-order chi connectivity index (χ0) is 23.9. The van der Waals surface area contributed by atoms with Crippen LogP contribution in [0.3, 0.4) is 0 Å². The Morgan fingerprint density at radius 2 is 1.23 bits per heavy atom. The maximum atomic E-state index is 13.8. The molecule has 178 valence electrons. The van der Waals surface area contributed by atoms with Crippen molar-refractivity contribution in [1.82, 2.24) is 0 Å². The zero-order valence-electron chi connectivity index (χ0n) is 19.6. The largest absolute Gasteiger partial charge is 0.493 e. The fraction of sp³-hybridized carbons (Fsp3) is 0.267. The van der Waals surface area contributed by atoms with Crippen molar-refractivity contribution >= 4 is 54.6 Å². The van der Waals surface area contributed by atoms with Crippen LogP contribution in [0.5, 0.6) is 5.75 Å². The molecule has 0 saturated heterocycles. The summed E-state index contributed by atoms with van der Waals surface area (Å²) < 4.78 is 45.9. The van der Waals surface area contributed by atoms with Gasteiger partial charge >= 0.3 is 0 Å². The van der Waals surface area contributed by atoms with Crippen LogP contribution in [0.4, 0.5) is 8.78 Å². The quantitative estimate of drug-likeness (QED) is 0.207. The lowest BCUT2D eigenvalue weighted by Crippen LogP contribution is -1.97. The molecule has 6 aromatic rings. The number of fused-ring (bicyclic) bond motifs is 8. The van der Waals surface area contributed by atoms with E-state index in [0.717, 1.165) is 39.3 Å². The standard InChI is InChI=1S/C30H26F2O3/c1-2-3-4-5-6-7-12-33-20-8-9-21-22-10-11-23-24-13-18-14-25(31)26(32)15-19(18)16-27(24)34-30(23)29(22)35-28(21)17-20/h8-11,13-17H,2-7,12H2,1H3. The number of ether oxygens (including phenoxy) is 1. The van der Waals surface area contributed by atoms with E-state index in [2.05, 4.69) is 6.92 Å². The summed E-state index contributed by atoms with van der Waals surface area (Å²) in [4.78, 5) is 0. The van der Waals surface area contributed by atoms with E-state index < -0.39 is 11.6 Å². The summed E-state index contributed by atoms with van der Waals surface area (Å²) in [5.41, 5.74) is 2.62. The molecule has 4 aromatic carbocycles. The van der Waals surface area contributed by atoms with Crippen molar-refractivity contribution in [2.24, 2.45) is 0 Å². The van der Waals surface area contributed by atoms with Crippen molar-refractivity contribution in [3.05, 3.63) is 66.2 Å². The minimum Gasteiger partial charge on any atom is -0.493 e. The van der Waals surface area contributed by atoms with Crippen LogP contribution in [0.15, 0.2) is 63.4 Å². The number of hydrogen-bond donors (Lipinski definition) is 0. The average molecular weight is 473 g/mol. The highest BCUT2D eigenvalue weighted by atomic mass is 19.2. The van der Waals surface area contributed by atoms with Gasteiger partial charge in [-0.2, -0.15) is 0 Å². The number of furan rings is 2. The van der Waals surface area contributed by atoms with Crippen LogP contribution >= 0.6 is 0 Å². The first-order valence-corrected chi connectivity index (χ1v) is 12.4. The topological polar surface area (TPSA) is 35.5 Å². The number of unbranched alkanes of at least 4 members (excludes halogenated alkanes) is 5. The number of rotatable bonds is 8. The van der Waals surface area contributed by atoms with E-state index in [9.17, 15) is 8.78 Å². The highest BCUT2D eigenvalue weighted by Crippen LogP contribution is 2.40. The first-order valence-electron chi connectivity index (χ1n) is 12.4. The van der Waals surface area contributed by atoms with Crippen molar-refractivity contribution in [3.8, 4) is 5.75 Å². The molecule has 0 aliphatic rings. The predicted molar refractivity (Wildman–Crippen MR) is 137 cm³/mol. The number of hydrogen-bond acceptors (Lipinski definition) is 3. The Morgan fingerprint density at radius 1 is 0.629 bits per heavy atom. The Morgan fingerprint density at radius 3 is 1.97 bits per heavy atom. The van der Waals surface area contributed by atoms with E-state index >= 15 is 0 Å². The Kier molecular flexibility index (Phi) is 5.56. The van der Waals surface area contributed by atoms with E-state index in [4.69, 9.17) is 13.6 Å². The van der Waals surface area contributed by atoms with E-state index in [1.54, 1.807) is 6.07 Å². The van der Waals surface area contributed by atoms with Crippen LogP contribution in [0, 0.1) is 11.6 Å². The van der Waals surface area contributed by atoms with Gasteiger partial charge in [0.15, 0.2) is 22.8 Å². The highest BCUT2D eigenvalue weighted by molar-refractivity contribution is 6.20. The van der Waals surface area contributed by atoms with E-state index in [1.807, 2.05) is 36.4 Å². The first kappa shape index (κ1) is 21.9. The maximum Gasteiger partial charge on any atom is 0.178 e. The average Bonchev–Trinajstić information content (AvgIpc) is 3.40. The molecule has 0 unspecified atom stereocenters. The number of benzene rings is 4. The summed E-state index contributed by atoms with van der Waals surface area (Å²) in [7, 11) is 0. The summed E-state index contributed by atoms with van der Waals surface area (Å²) in [5, 5.41) is 4.86. The number of halogens is 2. The summed E-state index contributed by atoms with van der Waals surface area (Å²) >= 11 is 0. The normalized spacial score (nSPS) is 12.1. The maximum absolute atomic E-state index is 13.8. The molecule has 6 rings (SSSR count). The Bertz CT molecular complexity index is 1690. The second-order valence-electron chi connectivity index (χ2n) is 9.26. The van der Waals surface area contributed by atoms with E-state index in [0.29, 0.717) is 34.1 Å². The van der Waals surface area contributed by atoms with Gasteiger partial charge in [-0.1, -0.05) is 39.0 Å². The molecule has 0 amide bonds. The van der Waals surface area contributed by atoms with Crippen molar-refractivity contribution < 1.29 is 22.4 Å². The molecule has 0 aliphatic carbocycles. The minimum atomic E-state index is -0.873. The molecule has 3 nitrogen and oxygen atoms in total. The molecule has 0 bridgehead atoms.